The van der Waals surface area contributed by atoms with E-state index in [0.29, 0.717) is 11.8 Å². The molecule has 1 rings (SSSR count). The molecule has 1 aliphatic rings. The molecular formula is C10H19N. The first kappa shape index (κ1) is 8.79. The van der Waals surface area contributed by atoms with Crippen molar-refractivity contribution in [2.45, 2.75) is 40.2 Å². The van der Waals surface area contributed by atoms with Gasteiger partial charge in [-0.3, -0.25) is 0 Å². The quantitative estimate of drug-likeness (QED) is 0.531. The van der Waals surface area contributed by atoms with E-state index in [1.54, 1.807) is 0 Å². The SMILES string of the molecule is CC1=C(C)C(C)(N)C(C)C1C. The molecule has 0 saturated carbocycles. The van der Waals surface area contributed by atoms with Crippen molar-refractivity contribution in [1.29, 1.82) is 0 Å². The molecule has 0 heterocycles. The third-order valence-corrected chi connectivity index (χ3v) is 3.78. The standard InChI is InChI=1S/C10H19N/c1-6-7(2)9(4)10(5,11)8(6)3/h6,8H,11H2,1-5H3. The third-order valence-electron chi connectivity index (χ3n) is 3.78. The summed E-state index contributed by atoms with van der Waals surface area (Å²) in [5, 5.41) is 0. The van der Waals surface area contributed by atoms with Crippen LogP contribution >= 0.6 is 0 Å². The molecule has 64 valence electrons. The summed E-state index contributed by atoms with van der Waals surface area (Å²) in [7, 11) is 0. The Labute approximate surface area is 69.7 Å². The average Bonchev–Trinajstić information content (AvgIpc) is 2.06. The second-order valence-electron chi connectivity index (χ2n) is 4.17. The van der Waals surface area contributed by atoms with Crippen molar-refractivity contribution in [2.24, 2.45) is 17.6 Å². The van der Waals surface area contributed by atoms with Crippen LogP contribution in [0.2, 0.25) is 0 Å². The van der Waals surface area contributed by atoms with Crippen molar-refractivity contribution in [3.05, 3.63) is 11.1 Å². The van der Waals surface area contributed by atoms with Crippen molar-refractivity contribution in [3.8, 4) is 0 Å². The van der Waals surface area contributed by atoms with Gasteiger partial charge in [-0.2, -0.15) is 0 Å². The fraction of sp³-hybridized carbons (Fsp3) is 0.800. The first-order valence-corrected chi connectivity index (χ1v) is 4.35. The van der Waals surface area contributed by atoms with Crippen LogP contribution in [0.4, 0.5) is 0 Å². The number of hydrogen-bond donors (Lipinski definition) is 1. The summed E-state index contributed by atoms with van der Waals surface area (Å²) in [5.74, 6) is 1.24. The molecule has 11 heavy (non-hydrogen) atoms. The van der Waals surface area contributed by atoms with Crippen LogP contribution in [0.1, 0.15) is 34.6 Å². The Balaban J connectivity index is 3.06. The Kier molecular flexibility index (Phi) is 1.87. The van der Waals surface area contributed by atoms with Crippen LogP contribution in [0.3, 0.4) is 0 Å². The molecule has 2 N–H and O–H groups in total. The highest BCUT2D eigenvalue weighted by Gasteiger charge is 2.39. The van der Waals surface area contributed by atoms with E-state index < -0.39 is 0 Å². The van der Waals surface area contributed by atoms with Crippen molar-refractivity contribution in [1.82, 2.24) is 0 Å². The summed E-state index contributed by atoms with van der Waals surface area (Å²) in [6.07, 6.45) is 0. The zero-order valence-corrected chi connectivity index (χ0v) is 8.23. The van der Waals surface area contributed by atoms with Crippen molar-refractivity contribution >= 4 is 0 Å². The molecule has 1 nitrogen and oxygen atoms in total. The second kappa shape index (κ2) is 2.34. The maximum Gasteiger partial charge on any atom is 0.0371 e. The summed E-state index contributed by atoms with van der Waals surface area (Å²) >= 11 is 0. The summed E-state index contributed by atoms with van der Waals surface area (Å²) < 4.78 is 0. The van der Waals surface area contributed by atoms with Crippen molar-refractivity contribution in [2.75, 3.05) is 0 Å². The minimum atomic E-state index is -0.0660. The summed E-state index contributed by atoms with van der Waals surface area (Å²) in [6.45, 7) is 11.0. The zero-order chi connectivity index (χ0) is 8.81. The highest BCUT2D eigenvalue weighted by Crippen LogP contribution is 2.41. The molecule has 1 heteroatoms. The summed E-state index contributed by atoms with van der Waals surface area (Å²) in [6, 6.07) is 0. The highest BCUT2D eigenvalue weighted by molar-refractivity contribution is 5.32. The monoisotopic (exact) mass is 153 g/mol. The molecule has 3 unspecified atom stereocenters. The Morgan fingerprint density at radius 2 is 1.73 bits per heavy atom. The van der Waals surface area contributed by atoms with E-state index in [-0.39, 0.29) is 5.54 Å². The number of allylic oxidation sites excluding steroid dienone is 1. The van der Waals surface area contributed by atoms with Crippen molar-refractivity contribution < 1.29 is 0 Å². The van der Waals surface area contributed by atoms with Crippen LogP contribution in [0, 0.1) is 11.8 Å². The van der Waals surface area contributed by atoms with Gasteiger partial charge >= 0.3 is 0 Å². The fourth-order valence-corrected chi connectivity index (χ4v) is 2.00. The van der Waals surface area contributed by atoms with E-state index in [4.69, 9.17) is 5.73 Å². The lowest BCUT2D eigenvalue weighted by atomic mass is 9.83. The summed E-state index contributed by atoms with van der Waals surface area (Å²) in [4.78, 5) is 0. The van der Waals surface area contributed by atoms with Crippen LogP contribution in [-0.4, -0.2) is 5.54 Å². The molecule has 0 radical (unpaired) electrons. The molecule has 0 fully saturated rings. The molecule has 0 aromatic rings. The van der Waals surface area contributed by atoms with Crippen LogP contribution in [0.15, 0.2) is 11.1 Å². The predicted octanol–water partition coefficient (Wildman–Crippen LogP) is 2.33. The molecule has 0 amide bonds. The molecule has 0 bridgehead atoms. The Bertz CT molecular complexity index is 201. The maximum atomic E-state index is 6.19. The van der Waals surface area contributed by atoms with Gasteiger partial charge < -0.3 is 5.73 Å². The number of nitrogens with two attached hydrogens (primary N) is 1. The smallest absolute Gasteiger partial charge is 0.0371 e. The molecular weight excluding hydrogens is 134 g/mol. The lowest BCUT2D eigenvalue weighted by Crippen LogP contribution is -2.42. The van der Waals surface area contributed by atoms with Gasteiger partial charge in [0.25, 0.3) is 0 Å². The zero-order valence-electron chi connectivity index (χ0n) is 8.23. The molecule has 0 spiro atoms. The molecule has 3 atom stereocenters. The minimum Gasteiger partial charge on any atom is -0.322 e. The Morgan fingerprint density at radius 3 is 1.82 bits per heavy atom. The molecule has 0 aliphatic heterocycles. The van der Waals surface area contributed by atoms with Gasteiger partial charge in [-0.05, 0) is 32.6 Å². The van der Waals surface area contributed by atoms with Crippen LogP contribution < -0.4 is 5.73 Å². The first-order valence-electron chi connectivity index (χ1n) is 4.35. The van der Waals surface area contributed by atoms with Gasteiger partial charge in [0.2, 0.25) is 0 Å². The van der Waals surface area contributed by atoms with E-state index in [1.165, 1.54) is 11.1 Å². The number of rotatable bonds is 0. The van der Waals surface area contributed by atoms with Gasteiger partial charge in [-0.1, -0.05) is 25.0 Å². The van der Waals surface area contributed by atoms with E-state index >= 15 is 0 Å². The van der Waals surface area contributed by atoms with Gasteiger partial charge in [0.15, 0.2) is 0 Å². The fourth-order valence-electron chi connectivity index (χ4n) is 2.00. The topological polar surface area (TPSA) is 26.0 Å². The highest BCUT2D eigenvalue weighted by atomic mass is 14.8. The average molecular weight is 153 g/mol. The molecule has 0 aromatic heterocycles. The van der Waals surface area contributed by atoms with E-state index in [0.717, 1.165) is 0 Å². The van der Waals surface area contributed by atoms with Crippen LogP contribution in [-0.2, 0) is 0 Å². The van der Waals surface area contributed by atoms with Crippen LogP contribution in [0.5, 0.6) is 0 Å². The van der Waals surface area contributed by atoms with E-state index in [2.05, 4.69) is 34.6 Å². The molecule has 0 aromatic carbocycles. The van der Waals surface area contributed by atoms with E-state index in [9.17, 15) is 0 Å². The summed E-state index contributed by atoms with van der Waals surface area (Å²) in [5.41, 5.74) is 9.00. The minimum absolute atomic E-state index is 0.0660. The Hall–Kier alpha value is -0.300. The van der Waals surface area contributed by atoms with Gasteiger partial charge in [0, 0.05) is 5.54 Å². The van der Waals surface area contributed by atoms with E-state index in [1.807, 2.05) is 0 Å². The molecule has 0 saturated heterocycles. The van der Waals surface area contributed by atoms with Gasteiger partial charge in [-0.25, -0.2) is 0 Å². The van der Waals surface area contributed by atoms with Gasteiger partial charge in [-0.15, -0.1) is 0 Å². The lowest BCUT2D eigenvalue weighted by molar-refractivity contribution is 0.336. The van der Waals surface area contributed by atoms with Crippen LogP contribution in [0.25, 0.3) is 0 Å². The van der Waals surface area contributed by atoms with Gasteiger partial charge in [0.05, 0.1) is 0 Å². The molecule has 1 aliphatic carbocycles. The first-order chi connectivity index (χ1) is 4.89. The Morgan fingerprint density at radius 1 is 1.27 bits per heavy atom. The number of hydrogen-bond acceptors (Lipinski definition) is 1. The lowest BCUT2D eigenvalue weighted by Gasteiger charge is -2.28. The third kappa shape index (κ3) is 1.02. The second-order valence-corrected chi connectivity index (χ2v) is 4.17. The normalized spacial score (nSPS) is 45.3. The van der Waals surface area contributed by atoms with Gasteiger partial charge in [0.1, 0.15) is 0 Å². The van der Waals surface area contributed by atoms with Crippen molar-refractivity contribution in [3.63, 3.8) is 0 Å². The maximum absolute atomic E-state index is 6.19. The predicted molar refractivity (Wildman–Crippen MR) is 49.3 cm³/mol. The largest absolute Gasteiger partial charge is 0.322 e.